The number of rotatable bonds is 1. The minimum Gasteiger partial charge on any atom is -0.444 e. The van der Waals surface area contributed by atoms with Gasteiger partial charge in [0, 0.05) is 31.2 Å². The summed E-state index contributed by atoms with van der Waals surface area (Å²) in [4.78, 5) is 14.0. The van der Waals surface area contributed by atoms with Crippen molar-refractivity contribution in [3.63, 3.8) is 0 Å². The quantitative estimate of drug-likeness (QED) is 0.857. The Hall–Kier alpha value is -1.71. The largest absolute Gasteiger partial charge is 0.444 e. The topological polar surface area (TPSA) is 41.6 Å². The van der Waals surface area contributed by atoms with Crippen molar-refractivity contribution < 1.29 is 9.53 Å². The van der Waals surface area contributed by atoms with Crippen molar-refractivity contribution in [2.75, 3.05) is 25.0 Å². The fourth-order valence-corrected chi connectivity index (χ4v) is 3.54. The summed E-state index contributed by atoms with van der Waals surface area (Å²) >= 11 is 0. The van der Waals surface area contributed by atoms with Crippen molar-refractivity contribution in [1.82, 2.24) is 4.90 Å². The van der Waals surface area contributed by atoms with E-state index in [2.05, 4.69) is 29.6 Å². The summed E-state index contributed by atoms with van der Waals surface area (Å²) in [6.07, 6.45) is 1.94. The minimum absolute atomic E-state index is 0.170. The first-order valence-electron chi connectivity index (χ1n) is 8.25. The first-order valence-corrected chi connectivity index (χ1v) is 8.25. The number of likely N-dealkylation sites (tertiary alicyclic amines) is 1. The van der Waals surface area contributed by atoms with Crippen LogP contribution in [0.3, 0.4) is 0 Å². The molecule has 1 fully saturated rings. The molecule has 0 bridgehead atoms. The molecule has 1 aromatic carbocycles. The average molecular weight is 302 g/mol. The Morgan fingerprint density at radius 2 is 1.91 bits per heavy atom. The number of nitrogens with one attached hydrogen (secondary N) is 1. The summed E-state index contributed by atoms with van der Waals surface area (Å²) in [5.41, 5.74) is 2.31. The van der Waals surface area contributed by atoms with Gasteiger partial charge in [-0.25, -0.2) is 4.79 Å². The van der Waals surface area contributed by atoms with Crippen LogP contribution >= 0.6 is 0 Å². The van der Waals surface area contributed by atoms with Crippen LogP contribution in [0.15, 0.2) is 24.3 Å². The predicted octanol–water partition coefficient (Wildman–Crippen LogP) is 3.84. The van der Waals surface area contributed by atoms with Gasteiger partial charge in [0.2, 0.25) is 0 Å². The number of piperidine rings is 1. The number of para-hydroxylation sites is 1. The van der Waals surface area contributed by atoms with E-state index in [-0.39, 0.29) is 6.09 Å². The average Bonchev–Trinajstić information content (AvgIpc) is 2.89. The maximum absolute atomic E-state index is 12.1. The van der Waals surface area contributed by atoms with Crippen LogP contribution in [0.25, 0.3) is 0 Å². The van der Waals surface area contributed by atoms with Gasteiger partial charge in [0.05, 0.1) is 0 Å². The maximum atomic E-state index is 12.1. The van der Waals surface area contributed by atoms with Gasteiger partial charge in [-0.05, 0) is 51.2 Å². The van der Waals surface area contributed by atoms with Gasteiger partial charge in [-0.1, -0.05) is 18.2 Å². The van der Waals surface area contributed by atoms with Crippen molar-refractivity contribution in [2.24, 2.45) is 5.92 Å². The number of hydrogen-bond acceptors (Lipinski definition) is 3. The molecule has 1 N–H and O–H groups in total. The Bertz CT molecular complexity index is 542. The standard InChI is InChI=1S/C18H26N2O2/c1-18(2,3)22-17(21)20-10-8-13(9-11-20)15-12-19-16-7-5-4-6-14(15)16/h4-7,13,15,19H,8-12H2,1-3H3/t15-/m0/s1. The molecule has 3 rings (SSSR count). The number of ether oxygens (including phenoxy) is 1. The number of carbonyl (C=O) groups is 1. The molecule has 2 aliphatic rings. The Morgan fingerprint density at radius 1 is 1.23 bits per heavy atom. The summed E-state index contributed by atoms with van der Waals surface area (Å²) in [7, 11) is 0. The fraction of sp³-hybridized carbons (Fsp3) is 0.611. The molecule has 22 heavy (non-hydrogen) atoms. The number of benzene rings is 1. The van der Waals surface area contributed by atoms with E-state index in [0.717, 1.165) is 32.5 Å². The van der Waals surface area contributed by atoms with Crippen LogP contribution < -0.4 is 5.32 Å². The van der Waals surface area contributed by atoms with Gasteiger partial charge in [-0.3, -0.25) is 0 Å². The molecule has 2 heterocycles. The fourth-order valence-electron chi connectivity index (χ4n) is 3.54. The summed E-state index contributed by atoms with van der Waals surface area (Å²) < 4.78 is 5.47. The second kappa shape index (κ2) is 5.82. The molecule has 0 spiro atoms. The second-order valence-electron chi connectivity index (χ2n) is 7.38. The molecule has 4 nitrogen and oxygen atoms in total. The highest BCUT2D eigenvalue weighted by Gasteiger charge is 2.34. The van der Waals surface area contributed by atoms with Gasteiger partial charge >= 0.3 is 6.09 Å². The van der Waals surface area contributed by atoms with Crippen molar-refractivity contribution in [3.8, 4) is 0 Å². The second-order valence-corrected chi connectivity index (χ2v) is 7.38. The molecule has 0 radical (unpaired) electrons. The third-order valence-electron chi connectivity index (χ3n) is 4.63. The van der Waals surface area contributed by atoms with Gasteiger partial charge in [0.25, 0.3) is 0 Å². The van der Waals surface area contributed by atoms with Crippen LogP contribution in [0.2, 0.25) is 0 Å². The molecule has 0 aliphatic carbocycles. The van der Waals surface area contributed by atoms with Gasteiger partial charge in [0.15, 0.2) is 0 Å². The molecule has 1 saturated heterocycles. The maximum Gasteiger partial charge on any atom is 0.410 e. The molecule has 1 amide bonds. The van der Waals surface area contributed by atoms with E-state index in [4.69, 9.17) is 4.74 Å². The van der Waals surface area contributed by atoms with E-state index in [0.29, 0.717) is 11.8 Å². The van der Waals surface area contributed by atoms with E-state index < -0.39 is 5.60 Å². The van der Waals surface area contributed by atoms with Crippen LogP contribution in [0.1, 0.15) is 45.1 Å². The number of amides is 1. The van der Waals surface area contributed by atoms with Gasteiger partial charge < -0.3 is 15.0 Å². The summed E-state index contributed by atoms with van der Waals surface area (Å²) in [6.45, 7) is 8.38. The van der Waals surface area contributed by atoms with Crippen molar-refractivity contribution in [1.29, 1.82) is 0 Å². The zero-order chi connectivity index (χ0) is 15.7. The molecule has 4 heteroatoms. The van der Waals surface area contributed by atoms with Crippen LogP contribution in [0, 0.1) is 5.92 Å². The summed E-state index contributed by atoms with van der Waals surface area (Å²) in [5.74, 6) is 1.23. The highest BCUT2D eigenvalue weighted by Crippen LogP contribution is 2.40. The van der Waals surface area contributed by atoms with Gasteiger partial charge in [-0.15, -0.1) is 0 Å². The Balaban J connectivity index is 1.58. The molecule has 120 valence electrons. The Morgan fingerprint density at radius 3 is 2.59 bits per heavy atom. The van der Waals surface area contributed by atoms with Crippen molar-refractivity contribution in [3.05, 3.63) is 29.8 Å². The number of nitrogens with zero attached hydrogens (tertiary/aromatic N) is 1. The molecular formula is C18H26N2O2. The molecular weight excluding hydrogens is 276 g/mol. The highest BCUT2D eigenvalue weighted by atomic mass is 16.6. The van der Waals surface area contributed by atoms with Crippen molar-refractivity contribution in [2.45, 2.75) is 45.1 Å². The lowest BCUT2D eigenvalue weighted by Crippen LogP contribution is -2.42. The highest BCUT2D eigenvalue weighted by molar-refractivity contribution is 5.68. The Labute approximate surface area is 132 Å². The van der Waals surface area contributed by atoms with E-state index in [9.17, 15) is 4.79 Å². The molecule has 0 unspecified atom stereocenters. The Kier molecular flexibility index (Phi) is 4.02. The SMILES string of the molecule is CC(C)(C)OC(=O)N1CCC([C@@H]2CNc3ccccc32)CC1. The van der Waals surface area contributed by atoms with E-state index in [1.54, 1.807) is 0 Å². The molecule has 1 atom stereocenters. The number of fused-ring (bicyclic) bond motifs is 1. The van der Waals surface area contributed by atoms with E-state index in [1.807, 2.05) is 25.7 Å². The first-order chi connectivity index (χ1) is 10.4. The number of carbonyl (C=O) groups excluding carboxylic acids is 1. The predicted molar refractivity (Wildman–Crippen MR) is 88.2 cm³/mol. The lowest BCUT2D eigenvalue weighted by molar-refractivity contribution is 0.0176. The number of anilines is 1. The van der Waals surface area contributed by atoms with Gasteiger partial charge in [-0.2, -0.15) is 0 Å². The zero-order valence-corrected chi connectivity index (χ0v) is 13.8. The lowest BCUT2D eigenvalue weighted by Gasteiger charge is -2.35. The summed E-state index contributed by atoms with van der Waals surface area (Å²) in [5, 5.41) is 3.51. The van der Waals surface area contributed by atoms with Crippen molar-refractivity contribution >= 4 is 11.8 Å². The smallest absolute Gasteiger partial charge is 0.410 e. The zero-order valence-electron chi connectivity index (χ0n) is 13.8. The van der Waals surface area contributed by atoms with Crippen LogP contribution in [0.4, 0.5) is 10.5 Å². The number of hydrogen-bond donors (Lipinski definition) is 1. The third-order valence-corrected chi connectivity index (χ3v) is 4.63. The normalized spacial score (nSPS) is 22.1. The summed E-state index contributed by atoms with van der Waals surface area (Å²) in [6, 6.07) is 8.60. The lowest BCUT2D eigenvalue weighted by atomic mass is 9.81. The first kappa shape index (κ1) is 15.2. The molecule has 0 aromatic heterocycles. The molecule has 0 saturated carbocycles. The minimum atomic E-state index is -0.414. The molecule has 1 aromatic rings. The molecule has 2 aliphatic heterocycles. The van der Waals surface area contributed by atoms with E-state index >= 15 is 0 Å². The van der Waals surface area contributed by atoms with Crippen LogP contribution in [-0.2, 0) is 4.74 Å². The van der Waals surface area contributed by atoms with Crippen LogP contribution in [0.5, 0.6) is 0 Å². The third kappa shape index (κ3) is 3.21. The van der Waals surface area contributed by atoms with Gasteiger partial charge in [0.1, 0.15) is 5.60 Å². The van der Waals surface area contributed by atoms with E-state index in [1.165, 1.54) is 11.3 Å². The van der Waals surface area contributed by atoms with Crippen LogP contribution in [-0.4, -0.2) is 36.2 Å². The monoisotopic (exact) mass is 302 g/mol.